The van der Waals surface area contributed by atoms with Gasteiger partial charge < -0.3 is 5.32 Å². The Morgan fingerprint density at radius 1 is 1.06 bits per heavy atom. The highest BCUT2D eigenvalue weighted by atomic mass is 15.3. The summed E-state index contributed by atoms with van der Waals surface area (Å²) < 4.78 is 1.91. The number of hydrogen-bond acceptors (Lipinski definition) is 4. The van der Waals surface area contributed by atoms with Gasteiger partial charge in [-0.05, 0) is 17.2 Å². The van der Waals surface area contributed by atoms with E-state index in [0.717, 1.165) is 30.1 Å². The summed E-state index contributed by atoms with van der Waals surface area (Å²) in [4.78, 5) is 4.11. The van der Waals surface area contributed by atoms with Crippen LogP contribution in [0.2, 0.25) is 0 Å². The minimum Gasteiger partial charge on any atom is -0.309 e. The van der Waals surface area contributed by atoms with Crippen LogP contribution in [0.15, 0.2) is 36.8 Å². The van der Waals surface area contributed by atoms with Crippen LogP contribution in [0.3, 0.4) is 0 Å². The smallest absolute Gasteiger partial charge is 0.169 e. The van der Waals surface area contributed by atoms with Crippen LogP contribution >= 0.6 is 0 Å². The lowest BCUT2D eigenvalue weighted by Crippen LogP contribution is -1.99. The molecule has 2 aromatic heterocycles. The molecule has 0 fully saturated rings. The van der Waals surface area contributed by atoms with E-state index >= 15 is 0 Å². The van der Waals surface area contributed by atoms with Gasteiger partial charge in [0.25, 0.3) is 0 Å². The third-order valence-corrected chi connectivity index (χ3v) is 3.31. The molecule has 0 unspecified atom stereocenters. The molecule has 0 radical (unpaired) electrons. The Balaban J connectivity index is 1.92. The lowest BCUT2D eigenvalue weighted by Gasteiger charge is -2.02. The summed E-state index contributed by atoms with van der Waals surface area (Å²) in [5.41, 5.74) is 4.61. The van der Waals surface area contributed by atoms with Gasteiger partial charge in [0, 0.05) is 30.9 Å². The summed E-state index contributed by atoms with van der Waals surface area (Å²) in [6.07, 6.45) is 3.47. The summed E-state index contributed by atoms with van der Waals surface area (Å²) in [5.74, 6) is 0.841. The summed E-state index contributed by atoms with van der Waals surface area (Å²) in [6, 6.07) is 8.28. The number of aromatic nitrogens is 4. The predicted molar refractivity (Wildman–Crippen MR) is 66.8 cm³/mol. The molecule has 3 aromatic rings. The average molecular weight is 237 g/mol. The first kappa shape index (κ1) is 9.73. The van der Waals surface area contributed by atoms with Gasteiger partial charge in [-0.15, -0.1) is 10.2 Å². The maximum atomic E-state index is 4.24. The molecular weight excluding hydrogens is 226 g/mol. The highest BCUT2D eigenvalue weighted by molar-refractivity contribution is 5.61. The van der Waals surface area contributed by atoms with E-state index in [9.17, 15) is 0 Å². The van der Waals surface area contributed by atoms with E-state index in [1.807, 2.05) is 10.5 Å². The van der Waals surface area contributed by atoms with Crippen molar-refractivity contribution in [3.05, 3.63) is 47.9 Å². The summed E-state index contributed by atoms with van der Waals surface area (Å²) in [5, 5.41) is 11.7. The molecule has 3 heterocycles. The van der Waals surface area contributed by atoms with Crippen LogP contribution < -0.4 is 5.32 Å². The highest BCUT2D eigenvalue weighted by Gasteiger charge is 2.13. The van der Waals surface area contributed by atoms with Crippen molar-refractivity contribution in [2.24, 2.45) is 0 Å². The van der Waals surface area contributed by atoms with Crippen LogP contribution in [0.4, 0.5) is 0 Å². The SMILES string of the molecule is c1cc2nnc(-c3ccc4c(c3)CNC4)n2cn1. The van der Waals surface area contributed by atoms with Crippen LogP contribution in [0.1, 0.15) is 11.1 Å². The van der Waals surface area contributed by atoms with Crippen molar-refractivity contribution in [1.29, 1.82) is 0 Å². The van der Waals surface area contributed by atoms with Gasteiger partial charge in [-0.2, -0.15) is 0 Å². The molecule has 1 aliphatic heterocycles. The third-order valence-electron chi connectivity index (χ3n) is 3.31. The van der Waals surface area contributed by atoms with Crippen LogP contribution in [-0.4, -0.2) is 19.6 Å². The molecular formula is C13H11N5. The fourth-order valence-corrected chi connectivity index (χ4v) is 2.38. The first-order chi connectivity index (χ1) is 8.92. The van der Waals surface area contributed by atoms with Crippen molar-refractivity contribution >= 4 is 5.65 Å². The van der Waals surface area contributed by atoms with E-state index in [1.54, 1.807) is 12.5 Å². The number of benzene rings is 1. The summed E-state index contributed by atoms with van der Waals surface area (Å²) >= 11 is 0. The molecule has 0 bridgehead atoms. The van der Waals surface area contributed by atoms with E-state index in [4.69, 9.17) is 0 Å². The Labute approximate surface area is 104 Å². The fraction of sp³-hybridized carbons (Fsp3) is 0.154. The van der Waals surface area contributed by atoms with E-state index in [2.05, 4.69) is 38.7 Å². The van der Waals surface area contributed by atoms with Gasteiger partial charge in [-0.1, -0.05) is 12.1 Å². The second-order valence-electron chi connectivity index (χ2n) is 4.42. The van der Waals surface area contributed by atoms with Crippen LogP contribution in [0.25, 0.3) is 17.0 Å². The van der Waals surface area contributed by atoms with Crippen molar-refractivity contribution < 1.29 is 0 Å². The molecule has 0 saturated heterocycles. The molecule has 1 aromatic carbocycles. The van der Waals surface area contributed by atoms with Crippen molar-refractivity contribution in [1.82, 2.24) is 24.9 Å². The number of rotatable bonds is 1. The first-order valence-corrected chi connectivity index (χ1v) is 5.89. The Morgan fingerprint density at radius 3 is 3.00 bits per heavy atom. The van der Waals surface area contributed by atoms with Crippen molar-refractivity contribution in [2.45, 2.75) is 13.1 Å². The molecule has 5 heteroatoms. The molecule has 0 aliphatic carbocycles. The zero-order chi connectivity index (χ0) is 11.9. The average Bonchev–Trinajstić information content (AvgIpc) is 3.04. The largest absolute Gasteiger partial charge is 0.309 e. The topological polar surface area (TPSA) is 55.1 Å². The van der Waals surface area contributed by atoms with Gasteiger partial charge in [-0.25, -0.2) is 4.98 Å². The highest BCUT2D eigenvalue weighted by Crippen LogP contribution is 2.23. The number of nitrogens with zero attached hydrogens (tertiary/aromatic N) is 4. The molecule has 1 aliphatic rings. The molecule has 1 N–H and O–H groups in total. The third kappa shape index (κ3) is 1.34. The molecule has 4 rings (SSSR count). The van der Waals surface area contributed by atoms with Crippen molar-refractivity contribution in [2.75, 3.05) is 0 Å². The predicted octanol–water partition coefficient (Wildman–Crippen LogP) is 1.39. The van der Waals surface area contributed by atoms with Crippen LogP contribution in [0.5, 0.6) is 0 Å². The van der Waals surface area contributed by atoms with Gasteiger partial charge in [0.05, 0.1) is 0 Å². The van der Waals surface area contributed by atoms with E-state index < -0.39 is 0 Å². The molecule has 0 saturated carbocycles. The maximum absolute atomic E-state index is 4.24. The Hall–Kier alpha value is -2.27. The second kappa shape index (κ2) is 3.61. The fourth-order valence-electron chi connectivity index (χ4n) is 2.38. The van der Waals surface area contributed by atoms with Crippen LogP contribution in [0, 0.1) is 0 Å². The standard InChI is InChI=1S/C13H11N5/c1-2-10-6-15-7-11(10)5-9(1)13-17-16-12-3-4-14-8-18(12)13/h1-5,8,15H,6-7H2. The Bertz CT molecular complexity index is 731. The molecule has 88 valence electrons. The molecule has 0 atom stereocenters. The van der Waals surface area contributed by atoms with Crippen LogP contribution in [-0.2, 0) is 13.1 Å². The minimum atomic E-state index is 0.818. The zero-order valence-electron chi connectivity index (χ0n) is 9.67. The van der Waals surface area contributed by atoms with Gasteiger partial charge >= 0.3 is 0 Å². The van der Waals surface area contributed by atoms with Crippen molar-refractivity contribution in [3.8, 4) is 11.4 Å². The van der Waals surface area contributed by atoms with Gasteiger partial charge in [0.15, 0.2) is 11.5 Å². The lowest BCUT2D eigenvalue weighted by atomic mass is 10.1. The molecule has 0 spiro atoms. The quantitative estimate of drug-likeness (QED) is 0.695. The van der Waals surface area contributed by atoms with Gasteiger partial charge in [0.2, 0.25) is 0 Å². The van der Waals surface area contributed by atoms with E-state index in [-0.39, 0.29) is 0 Å². The van der Waals surface area contributed by atoms with Gasteiger partial charge in [0.1, 0.15) is 6.33 Å². The number of hydrogen-bond donors (Lipinski definition) is 1. The Kier molecular flexibility index (Phi) is 1.95. The first-order valence-electron chi connectivity index (χ1n) is 5.89. The molecule has 0 amide bonds. The molecule has 18 heavy (non-hydrogen) atoms. The molecule has 5 nitrogen and oxygen atoms in total. The normalized spacial score (nSPS) is 14.0. The monoisotopic (exact) mass is 237 g/mol. The second-order valence-corrected chi connectivity index (χ2v) is 4.42. The zero-order valence-corrected chi connectivity index (χ0v) is 9.67. The van der Waals surface area contributed by atoms with E-state index in [1.165, 1.54) is 11.1 Å². The summed E-state index contributed by atoms with van der Waals surface area (Å²) in [7, 11) is 0. The van der Waals surface area contributed by atoms with E-state index in [0.29, 0.717) is 0 Å². The number of fused-ring (bicyclic) bond motifs is 2. The van der Waals surface area contributed by atoms with Gasteiger partial charge in [-0.3, -0.25) is 4.40 Å². The maximum Gasteiger partial charge on any atom is 0.169 e. The number of nitrogens with one attached hydrogen (secondary N) is 1. The minimum absolute atomic E-state index is 0.818. The van der Waals surface area contributed by atoms with Crippen molar-refractivity contribution in [3.63, 3.8) is 0 Å². The summed E-state index contributed by atoms with van der Waals surface area (Å²) in [6.45, 7) is 1.88. The lowest BCUT2D eigenvalue weighted by molar-refractivity contribution is 0.765. The Morgan fingerprint density at radius 2 is 2.00 bits per heavy atom.